The number of hydrogen-bond donors (Lipinski definition) is 1. The molecule has 1 nitrogen and oxygen atoms in total. The second-order valence-corrected chi connectivity index (χ2v) is 3.09. The Hall–Kier alpha value is -0.600. The molecular formula is C9H11ClFN. The van der Waals surface area contributed by atoms with Crippen molar-refractivity contribution in [2.24, 2.45) is 0 Å². The monoisotopic (exact) mass is 187 g/mol. The van der Waals surface area contributed by atoms with Gasteiger partial charge in [-0.25, -0.2) is 4.39 Å². The molecule has 12 heavy (non-hydrogen) atoms. The first-order valence-corrected chi connectivity index (χ1v) is 4.12. The van der Waals surface area contributed by atoms with Gasteiger partial charge in [-0.3, -0.25) is 0 Å². The zero-order chi connectivity index (χ0) is 9.14. The van der Waals surface area contributed by atoms with Gasteiger partial charge in [0.1, 0.15) is 5.82 Å². The number of halogens is 2. The van der Waals surface area contributed by atoms with E-state index in [0.29, 0.717) is 12.1 Å². The van der Waals surface area contributed by atoms with Crippen LogP contribution in [-0.4, -0.2) is 7.05 Å². The van der Waals surface area contributed by atoms with Crippen LogP contribution in [-0.2, 0) is 6.54 Å². The van der Waals surface area contributed by atoms with Crippen LogP contribution >= 0.6 is 11.6 Å². The topological polar surface area (TPSA) is 12.0 Å². The smallest absolute Gasteiger partial charge is 0.146 e. The molecule has 0 heterocycles. The fourth-order valence-electron chi connectivity index (χ4n) is 1.08. The third kappa shape index (κ3) is 1.76. The first kappa shape index (κ1) is 9.49. The summed E-state index contributed by atoms with van der Waals surface area (Å²) < 4.78 is 13.3. The quantitative estimate of drug-likeness (QED) is 0.750. The van der Waals surface area contributed by atoms with Crippen molar-refractivity contribution >= 4 is 11.6 Å². The van der Waals surface area contributed by atoms with Crippen molar-refractivity contribution in [2.75, 3.05) is 7.05 Å². The lowest BCUT2D eigenvalue weighted by Crippen LogP contribution is -2.08. The number of rotatable bonds is 2. The van der Waals surface area contributed by atoms with Crippen molar-refractivity contribution in [1.29, 1.82) is 0 Å². The average Bonchev–Trinajstić information content (AvgIpc) is 2.06. The van der Waals surface area contributed by atoms with Gasteiger partial charge in [0, 0.05) is 12.1 Å². The molecule has 0 aromatic heterocycles. The molecular weight excluding hydrogens is 177 g/mol. The Labute approximate surface area is 76.5 Å². The van der Waals surface area contributed by atoms with Crippen LogP contribution in [0.2, 0.25) is 5.02 Å². The van der Waals surface area contributed by atoms with Crippen LogP contribution in [0.25, 0.3) is 0 Å². The number of nitrogens with one attached hydrogen (secondary N) is 1. The lowest BCUT2D eigenvalue weighted by molar-refractivity contribution is 0.599. The predicted molar refractivity (Wildman–Crippen MR) is 48.9 cm³/mol. The largest absolute Gasteiger partial charge is 0.316 e. The Kier molecular flexibility index (Phi) is 3.06. The van der Waals surface area contributed by atoms with E-state index in [-0.39, 0.29) is 10.8 Å². The molecule has 0 fully saturated rings. The third-order valence-corrected chi connectivity index (χ3v) is 2.08. The van der Waals surface area contributed by atoms with Gasteiger partial charge in [-0.05, 0) is 25.6 Å². The van der Waals surface area contributed by atoms with Crippen molar-refractivity contribution in [3.8, 4) is 0 Å². The van der Waals surface area contributed by atoms with E-state index >= 15 is 0 Å². The maximum Gasteiger partial charge on any atom is 0.146 e. The lowest BCUT2D eigenvalue weighted by atomic mass is 10.1. The zero-order valence-electron chi connectivity index (χ0n) is 7.12. The fourth-order valence-corrected chi connectivity index (χ4v) is 1.26. The average molecular weight is 188 g/mol. The van der Waals surface area contributed by atoms with Crippen molar-refractivity contribution in [1.82, 2.24) is 5.32 Å². The minimum atomic E-state index is -0.314. The van der Waals surface area contributed by atoms with Crippen molar-refractivity contribution < 1.29 is 4.39 Å². The SMILES string of the molecule is CNCc1c(C)ccc(Cl)c1F. The molecule has 0 atom stereocenters. The first-order valence-electron chi connectivity index (χ1n) is 3.75. The highest BCUT2D eigenvalue weighted by molar-refractivity contribution is 6.30. The molecule has 0 aliphatic heterocycles. The maximum absolute atomic E-state index is 13.3. The summed E-state index contributed by atoms with van der Waals surface area (Å²) in [4.78, 5) is 0. The fraction of sp³-hybridized carbons (Fsp3) is 0.333. The summed E-state index contributed by atoms with van der Waals surface area (Å²) in [5.41, 5.74) is 1.57. The minimum Gasteiger partial charge on any atom is -0.316 e. The molecule has 0 radical (unpaired) electrons. The number of benzene rings is 1. The van der Waals surface area contributed by atoms with E-state index in [1.165, 1.54) is 0 Å². The Balaban J connectivity index is 3.14. The molecule has 0 bridgehead atoms. The van der Waals surface area contributed by atoms with Crippen LogP contribution in [0.1, 0.15) is 11.1 Å². The standard InChI is InChI=1S/C9H11ClFN/c1-6-3-4-8(10)9(11)7(6)5-12-2/h3-4,12H,5H2,1-2H3. The molecule has 0 unspecified atom stereocenters. The highest BCUT2D eigenvalue weighted by Crippen LogP contribution is 2.20. The summed E-state index contributed by atoms with van der Waals surface area (Å²) in [6.07, 6.45) is 0. The van der Waals surface area contributed by atoms with E-state index in [1.54, 1.807) is 13.1 Å². The Morgan fingerprint density at radius 2 is 2.17 bits per heavy atom. The lowest BCUT2D eigenvalue weighted by Gasteiger charge is -2.07. The molecule has 1 aromatic rings. The van der Waals surface area contributed by atoms with Crippen LogP contribution in [0, 0.1) is 12.7 Å². The molecule has 0 aliphatic carbocycles. The molecule has 0 spiro atoms. The van der Waals surface area contributed by atoms with E-state index in [0.717, 1.165) is 5.56 Å². The number of hydrogen-bond acceptors (Lipinski definition) is 1. The van der Waals surface area contributed by atoms with Crippen LogP contribution < -0.4 is 5.32 Å². The first-order chi connectivity index (χ1) is 5.66. The van der Waals surface area contributed by atoms with Crippen LogP contribution in [0.15, 0.2) is 12.1 Å². The van der Waals surface area contributed by atoms with Crippen molar-refractivity contribution in [3.05, 3.63) is 34.1 Å². The second kappa shape index (κ2) is 3.87. The van der Waals surface area contributed by atoms with Gasteiger partial charge < -0.3 is 5.32 Å². The second-order valence-electron chi connectivity index (χ2n) is 2.69. The summed E-state index contributed by atoms with van der Waals surface area (Å²) in [7, 11) is 1.78. The van der Waals surface area contributed by atoms with Gasteiger partial charge in [-0.1, -0.05) is 17.7 Å². The molecule has 3 heteroatoms. The third-order valence-electron chi connectivity index (χ3n) is 1.78. The van der Waals surface area contributed by atoms with Crippen molar-refractivity contribution in [2.45, 2.75) is 13.5 Å². The van der Waals surface area contributed by atoms with E-state index in [1.807, 2.05) is 13.0 Å². The molecule has 0 amide bonds. The Morgan fingerprint density at radius 1 is 1.50 bits per heavy atom. The van der Waals surface area contributed by atoms with E-state index in [2.05, 4.69) is 5.32 Å². The van der Waals surface area contributed by atoms with E-state index in [4.69, 9.17) is 11.6 Å². The maximum atomic E-state index is 13.3. The van der Waals surface area contributed by atoms with Crippen LogP contribution in [0.4, 0.5) is 4.39 Å². The van der Waals surface area contributed by atoms with Crippen LogP contribution in [0.5, 0.6) is 0 Å². The van der Waals surface area contributed by atoms with Gasteiger partial charge in [0.05, 0.1) is 5.02 Å². The summed E-state index contributed by atoms with van der Waals surface area (Å²) >= 11 is 5.62. The minimum absolute atomic E-state index is 0.186. The van der Waals surface area contributed by atoms with Gasteiger partial charge >= 0.3 is 0 Å². The molecule has 0 aliphatic rings. The van der Waals surface area contributed by atoms with E-state index < -0.39 is 0 Å². The van der Waals surface area contributed by atoms with Gasteiger partial charge in [-0.2, -0.15) is 0 Å². The molecule has 0 saturated heterocycles. The van der Waals surface area contributed by atoms with Gasteiger partial charge in [0.25, 0.3) is 0 Å². The van der Waals surface area contributed by atoms with Gasteiger partial charge in [0.15, 0.2) is 0 Å². The Morgan fingerprint density at radius 3 is 2.75 bits per heavy atom. The summed E-state index contributed by atoms with van der Waals surface area (Å²) in [6.45, 7) is 2.38. The molecule has 1 N–H and O–H groups in total. The zero-order valence-corrected chi connectivity index (χ0v) is 7.87. The summed E-state index contributed by atoms with van der Waals surface area (Å²) in [6, 6.07) is 3.39. The van der Waals surface area contributed by atoms with Crippen molar-refractivity contribution in [3.63, 3.8) is 0 Å². The summed E-state index contributed by atoms with van der Waals surface area (Å²) in [5, 5.41) is 3.08. The van der Waals surface area contributed by atoms with E-state index in [9.17, 15) is 4.39 Å². The molecule has 66 valence electrons. The number of aryl methyl sites for hydroxylation is 1. The highest BCUT2D eigenvalue weighted by atomic mass is 35.5. The van der Waals surface area contributed by atoms with Crippen LogP contribution in [0.3, 0.4) is 0 Å². The predicted octanol–water partition coefficient (Wildman–Crippen LogP) is 2.51. The molecule has 0 saturated carbocycles. The Bertz CT molecular complexity index is 286. The highest BCUT2D eigenvalue weighted by Gasteiger charge is 2.07. The normalized spacial score (nSPS) is 10.3. The molecule has 1 rings (SSSR count). The van der Waals surface area contributed by atoms with Gasteiger partial charge in [0.2, 0.25) is 0 Å². The van der Waals surface area contributed by atoms with Gasteiger partial charge in [-0.15, -0.1) is 0 Å². The molecule has 1 aromatic carbocycles. The summed E-state index contributed by atoms with van der Waals surface area (Å²) in [5.74, 6) is -0.314.